The molecule has 4 amide bonds. The highest BCUT2D eigenvalue weighted by atomic mass is 16.2. The van der Waals surface area contributed by atoms with Crippen molar-refractivity contribution >= 4 is 12.1 Å². The first kappa shape index (κ1) is 7.74. The summed E-state index contributed by atoms with van der Waals surface area (Å²) in [5.74, 6) is 0. The van der Waals surface area contributed by atoms with Crippen LogP contribution in [0.15, 0.2) is 0 Å². The van der Waals surface area contributed by atoms with E-state index in [1.54, 1.807) is 12.2 Å². The van der Waals surface area contributed by atoms with Crippen molar-refractivity contribution in [2.75, 3.05) is 6.54 Å². The van der Waals surface area contributed by atoms with Gasteiger partial charge in [0.15, 0.2) is 0 Å². The maximum absolute atomic E-state index is 10.3. The van der Waals surface area contributed by atoms with Crippen molar-refractivity contribution in [3.05, 3.63) is 0 Å². The van der Waals surface area contributed by atoms with Gasteiger partial charge in [-0.1, -0.05) is 0 Å². The third-order valence-electron chi connectivity index (χ3n) is 0.564. The standard InChI is InChI=1S/C4H8N3O2/c1-2-6-4(9)7-3(5)8/h5H,2H2,1H3,(H2,6,7,8,9). The second-order valence-electron chi connectivity index (χ2n) is 1.31. The molecule has 0 aliphatic heterocycles. The molecule has 5 nitrogen and oxygen atoms in total. The molecule has 0 heterocycles. The van der Waals surface area contributed by atoms with E-state index in [9.17, 15) is 9.59 Å². The molecule has 9 heavy (non-hydrogen) atoms. The van der Waals surface area contributed by atoms with Crippen LogP contribution in [0.1, 0.15) is 6.92 Å². The number of carbonyl (C=O) groups is 2. The number of hydrogen-bond acceptors (Lipinski definition) is 2. The van der Waals surface area contributed by atoms with Gasteiger partial charge in [-0.25, -0.2) is 15.3 Å². The summed E-state index contributed by atoms with van der Waals surface area (Å²) < 4.78 is 0. The van der Waals surface area contributed by atoms with Crippen molar-refractivity contribution < 1.29 is 9.59 Å². The number of carbonyl (C=O) groups excluding carboxylic acids is 2. The van der Waals surface area contributed by atoms with Gasteiger partial charge in [-0.05, 0) is 6.92 Å². The molecule has 0 aromatic heterocycles. The van der Waals surface area contributed by atoms with E-state index in [1.807, 2.05) is 0 Å². The summed E-state index contributed by atoms with van der Waals surface area (Å²) in [6.07, 6.45) is 0. The molecule has 5 heteroatoms. The zero-order valence-corrected chi connectivity index (χ0v) is 5.02. The number of imide groups is 1. The van der Waals surface area contributed by atoms with E-state index in [-0.39, 0.29) is 0 Å². The van der Waals surface area contributed by atoms with Crippen LogP contribution in [0.5, 0.6) is 0 Å². The van der Waals surface area contributed by atoms with Gasteiger partial charge in [0.2, 0.25) is 0 Å². The molecule has 0 aromatic carbocycles. The highest BCUT2D eigenvalue weighted by Gasteiger charge is 1.99. The highest BCUT2D eigenvalue weighted by molar-refractivity contribution is 5.91. The van der Waals surface area contributed by atoms with Gasteiger partial charge in [0.25, 0.3) is 0 Å². The van der Waals surface area contributed by atoms with Crippen molar-refractivity contribution in [2.45, 2.75) is 6.92 Å². The number of hydrogen-bond donors (Lipinski definition) is 2. The normalized spacial score (nSPS) is 8.11. The van der Waals surface area contributed by atoms with E-state index in [2.05, 4.69) is 5.32 Å². The molecule has 0 aliphatic rings. The van der Waals surface area contributed by atoms with Crippen LogP contribution in [-0.2, 0) is 0 Å². The average molecular weight is 130 g/mol. The Morgan fingerprint density at radius 3 is 2.44 bits per heavy atom. The minimum Gasteiger partial charge on any atom is -0.338 e. The summed E-state index contributed by atoms with van der Waals surface area (Å²) in [7, 11) is 0. The van der Waals surface area contributed by atoms with Gasteiger partial charge in [0.1, 0.15) is 0 Å². The molecule has 0 aromatic rings. The molecular weight excluding hydrogens is 122 g/mol. The van der Waals surface area contributed by atoms with Gasteiger partial charge >= 0.3 is 12.1 Å². The molecule has 0 spiro atoms. The Hall–Kier alpha value is -1.26. The van der Waals surface area contributed by atoms with Crippen molar-refractivity contribution in [1.29, 1.82) is 0 Å². The fraction of sp³-hybridized carbons (Fsp3) is 0.500. The number of amides is 4. The Labute approximate surface area is 52.6 Å². The lowest BCUT2D eigenvalue weighted by Crippen LogP contribution is -2.38. The summed E-state index contributed by atoms with van der Waals surface area (Å²) in [6, 6.07) is -1.72. The monoisotopic (exact) mass is 130 g/mol. The van der Waals surface area contributed by atoms with E-state index in [4.69, 9.17) is 5.73 Å². The second-order valence-corrected chi connectivity index (χ2v) is 1.31. The fourth-order valence-electron chi connectivity index (χ4n) is 0.308. The third-order valence-corrected chi connectivity index (χ3v) is 0.564. The van der Waals surface area contributed by atoms with Crippen molar-refractivity contribution in [2.24, 2.45) is 0 Å². The van der Waals surface area contributed by atoms with E-state index < -0.39 is 12.1 Å². The van der Waals surface area contributed by atoms with Crippen LogP contribution in [0, 0.1) is 0 Å². The van der Waals surface area contributed by atoms with Crippen molar-refractivity contribution in [3.8, 4) is 0 Å². The number of urea groups is 2. The predicted molar refractivity (Wildman–Crippen MR) is 30.7 cm³/mol. The SMILES string of the molecule is CCNC(=O)NC([NH])=O. The summed E-state index contributed by atoms with van der Waals surface area (Å²) >= 11 is 0. The molecule has 0 bridgehead atoms. The first-order chi connectivity index (χ1) is 4.16. The van der Waals surface area contributed by atoms with Gasteiger partial charge in [0.05, 0.1) is 0 Å². The minimum absolute atomic E-state index is 0.444. The molecule has 0 atom stereocenters. The van der Waals surface area contributed by atoms with Gasteiger partial charge in [-0.3, -0.25) is 5.32 Å². The largest absolute Gasteiger partial charge is 0.341 e. The lowest BCUT2D eigenvalue weighted by molar-refractivity contribution is 0.231. The Bertz CT molecular complexity index is 123. The van der Waals surface area contributed by atoms with Gasteiger partial charge < -0.3 is 5.32 Å². The van der Waals surface area contributed by atoms with Gasteiger partial charge in [0, 0.05) is 6.54 Å². The Morgan fingerprint density at radius 2 is 2.11 bits per heavy atom. The van der Waals surface area contributed by atoms with Crippen LogP contribution < -0.4 is 16.4 Å². The second kappa shape index (κ2) is 3.71. The molecular formula is C4H8N3O2. The molecule has 51 valence electrons. The zero-order valence-electron chi connectivity index (χ0n) is 5.02. The van der Waals surface area contributed by atoms with Crippen molar-refractivity contribution in [1.82, 2.24) is 16.4 Å². The van der Waals surface area contributed by atoms with Crippen LogP contribution in [0.2, 0.25) is 0 Å². The predicted octanol–water partition coefficient (Wildman–Crippen LogP) is -0.292. The first-order valence-electron chi connectivity index (χ1n) is 2.47. The maximum atomic E-state index is 10.3. The molecule has 0 fully saturated rings. The summed E-state index contributed by atoms with van der Waals surface area (Å²) in [5, 5.41) is 4.01. The van der Waals surface area contributed by atoms with Gasteiger partial charge in [-0.15, -0.1) is 0 Å². The number of rotatable bonds is 1. The smallest absolute Gasteiger partial charge is 0.338 e. The van der Waals surface area contributed by atoms with Crippen LogP contribution in [0.3, 0.4) is 0 Å². The lowest BCUT2D eigenvalue weighted by atomic mass is 10.7. The van der Waals surface area contributed by atoms with E-state index in [0.29, 0.717) is 6.54 Å². The van der Waals surface area contributed by atoms with E-state index in [0.717, 1.165) is 0 Å². The van der Waals surface area contributed by atoms with E-state index >= 15 is 0 Å². The Kier molecular flexibility index (Phi) is 3.19. The summed E-state index contributed by atoms with van der Waals surface area (Å²) in [6.45, 7) is 2.16. The quantitative estimate of drug-likeness (QED) is 0.511. The Balaban J connectivity index is 3.39. The molecule has 0 saturated heterocycles. The van der Waals surface area contributed by atoms with Crippen LogP contribution in [0.25, 0.3) is 0 Å². The number of nitrogens with one attached hydrogen (secondary N) is 3. The lowest BCUT2D eigenvalue weighted by Gasteiger charge is -1.98. The molecule has 0 unspecified atom stereocenters. The highest BCUT2D eigenvalue weighted by Crippen LogP contribution is 1.62. The Morgan fingerprint density at radius 1 is 1.56 bits per heavy atom. The van der Waals surface area contributed by atoms with E-state index in [1.165, 1.54) is 0 Å². The van der Waals surface area contributed by atoms with Crippen LogP contribution >= 0.6 is 0 Å². The average Bonchev–Trinajstić information content (AvgIpc) is 1.63. The first-order valence-corrected chi connectivity index (χ1v) is 2.47. The third kappa shape index (κ3) is 4.60. The van der Waals surface area contributed by atoms with Crippen LogP contribution in [0.4, 0.5) is 9.59 Å². The maximum Gasteiger partial charge on any atom is 0.341 e. The molecule has 0 aliphatic carbocycles. The molecule has 1 radical (unpaired) electrons. The van der Waals surface area contributed by atoms with Gasteiger partial charge in [-0.2, -0.15) is 0 Å². The van der Waals surface area contributed by atoms with Crippen LogP contribution in [-0.4, -0.2) is 18.6 Å². The van der Waals surface area contributed by atoms with Crippen molar-refractivity contribution in [3.63, 3.8) is 0 Å². The summed E-state index contributed by atoms with van der Waals surface area (Å²) in [4.78, 5) is 20.1. The molecule has 0 rings (SSSR count). The summed E-state index contributed by atoms with van der Waals surface area (Å²) in [5.41, 5.74) is 6.28. The molecule has 0 saturated carbocycles. The fourth-order valence-corrected chi connectivity index (χ4v) is 0.308. The minimum atomic E-state index is -1.10. The topological polar surface area (TPSA) is 82.0 Å². The zero-order chi connectivity index (χ0) is 7.28. The molecule has 3 N–H and O–H groups in total.